The molecule has 2 aromatic carbocycles. The van der Waals surface area contributed by atoms with Gasteiger partial charge in [-0.1, -0.05) is 12.1 Å². The summed E-state index contributed by atoms with van der Waals surface area (Å²) in [7, 11) is 3.28. The number of halogens is 1. The van der Waals surface area contributed by atoms with Crippen molar-refractivity contribution >= 4 is 18.4 Å². The largest absolute Gasteiger partial charge is 0.493 e. The molecule has 1 aliphatic heterocycles. The van der Waals surface area contributed by atoms with Gasteiger partial charge in [-0.15, -0.1) is 12.4 Å². The number of nitrogens with zero attached hydrogens (tertiary/aromatic N) is 1. The molecule has 3 rings (SSSR count). The predicted molar refractivity (Wildman–Crippen MR) is 105 cm³/mol. The summed E-state index contributed by atoms with van der Waals surface area (Å²) >= 11 is 0. The molecule has 0 amide bonds. The van der Waals surface area contributed by atoms with Crippen LogP contribution in [0.3, 0.4) is 0 Å². The Kier molecular flexibility index (Phi) is 7.33. The third kappa shape index (κ3) is 4.84. The molecule has 0 saturated carbocycles. The molecule has 6 nitrogen and oxygen atoms in total. The molecule has 0 unspecified atom stereocenters. The number of hydrogen-bond acceptors (Lipinski definition) is 5. The topological polar surface area (TPSA) is 68.2 Å². The standard InChI is InChI=1S/C20H23NO5.ClH/c1-24-18-11-14-7-8-21(13-15(14)12-19(18)25-2)9-10-26-17-6-4-3-5-16(17)20(22)23;/h3-6,11-12H,7-10,13H2,1-2H3,(H,22,23);1H. The van der Waals surface area contributed by atoms with E-state index in [9.17, 15) is 9.90 Å². The maximum atomic E-state index is 11.2. The van der Waals surface area contributed by atoms with Crippen molar-refractivity contribution in [3.63, 3.8) is 0 Å². The van der Waals surface area contributed by atoms with Crippen LogP contribution in [-0.2, 0) is 13.0 Å². The second-order valence-corrected chi connectivity index (χ2v) is 6.15. The molecule has 27 heavy (non-hydrogen) atoms. The first-order valence-electron chi connectivity index (χ1n) is 8.53. The summed E-state index contributed by atoms with van der Waals surface area (Å²) in [5, 5.41) is 9.20. The summed E-state index contributed by atoms with van der Waals surface area (Å²) in [5.74, 6) is 0.922. The number of fused-ring (bicyclic) bond motifs is 1. The molecule has 1 aliphatic rings. The quantitative estimate of drug-likeness (QED) is 0.778. The smallest absolute Gasteiger partial charge is 0.339 e. The number of methoxy groups -OCH3 is 2. The Hall–Kier alpha value is -2.44. The molecule has 1 heterocycles. The molecule has 7 heteroatoms. The lowest BCUT2D eigenvalue weighted by atomic mass is 9.99. The number of rotatable bonds is 7. The second kappa shape index (κ2) is 9.48. The lowest BCUT2D eigenvalue weighted by molar-refractivity contribution is 0.0691. The average molecular weight is 394 g/mol. The maximum Gasteiger partial charge on any atom is 0.339 e. The molecule has 0 aromatic heterocycles. The van der Waals surface area contributed by atoms with E-state index >= 15 is 0 Å². The first-order chi connectivity index (χ1) is 12.6. The molecule has 1 N–H and O–H groups in total. The molecule has 0 spiro atoms. The zero-order valence-electron chi connectivity index (χ0n) is 15.4. The highest BCUT2D eigenvalue weighted by molar-refractivity contribution is 5.90. The van der Waals surface area contributed by atoms with Crippen molar-refractivity contribution in [3.05, 3.63) is 53.1 Å². The van der Waals surface area contributed by atoms with Gasteiger partial charge in [0.15, 0.2) is 11.5 Å². The molecule has 0 fully saturated rings. The zero-order chi connectivity index (χ0) is 18.5. The number of para-hydroxylation sites is 1. The fourth-order valence-corrected chi connectivity index (χ4v) is 3.19. The van der Waals surface area contributed by atoms with Crippen molar-refractivity contribution in [2.45, 2.75) is 13.0 Å². The number of carbonyl (C=O) groups is 1. The number of hydrogen-bond donors (Lipinski definition) is 1. The van der Waals surface area contributed by atoms with Crippen LogP contribution >= 0.6 is 12.4 Å². The van der Waals surface area contributed by atoms with Gasteiger partial charge in [0, 0.05) is 19.6 Å². The molecule has 146 valence electrons. The summed E-state index contributed by atoms with van der Waals surface area (Å²) in [6.45, 7) is 2.89. The molecule has 0 aliphatic carbocycles. The SMILES string of the molecule is COc1cc2c(cc1OC)CN(CCOc1ccccc1C(=O)O)CC2.Cl. The second-order valence-electron chi connectivity index (χ2n) is 6.15. The van der Waals surface area contributed by atoms with E-state index in [0.717, 1.165) is 37.6 Å². The van der Waals surface area contributed by atoms with E-state index in [4.69, 9.17) is 14.2 Å². The van der Waals surface area contributed by atoms with E-state index < -0.39 is 5.97 Å². The Labute approximate surface area is 165 Å². The van der Waals surface area contributed by atoms with Gasteiger partial charge < -0.3 is 19.3 Å². The lowest BCUT2D eigenvalue weighted by Gasteiger charge is -2.29. The summed E-state index contributed by atoms with van der Waals surface area (Å²) in [6.07, 6.45) is 0.932. The summed E-state index contributed by atoms with van der Waals surface area (Å²) < 4.78 is 16.5. The minimum absolute atomic E-state index is 0. The Morgan fingerprint density at radius 2 is 1.74 bits per heavy atom. The highest BCUT2D eigenvalue weighted by atomic mass is 35.5. The van der Waals surface area contributed by atoms with Crippen LogP contribution in [0, 0.1) is 0 Å². The van der Waals surface area contributed by atoms with Gasteiger partial charge in [0.1, 0.15) is 17.9 Å². The van der Waals surface area contributed by atoms with E-state index in [1.54, 1.807) is 38.5 Å². The highest BCUT2D eigenvalue weighted by Gasteiger charge is 2.19. The van der Waals surface area contributed by atoms with Crippen LogP contribution in [0.25, 0.3) is 0 Å². The van der Waals surface area contributed by atoms with Gasteiger partial charge in [-0.3, -0.25) is 4.90 Å². The van der Waals surface area contributed by atoms with Gasteiger partial charge in [-0.2, -0.15) is 0 Å². The molecule has 0 saturated heterocycles. The van der Waals surface area contributed by atoms with Crippen molar-refractivity contribution in [1.82, 2.24) is 4.90 Å². The van der Waals surface area contributed by atoms with E-state index in [1.165, 1.54) is 11.1 Å². The number of carboxylic acid groups (broad SMARTS) is 1. The van der Waals surface area contributed by atoms with Crippen LogP contribution in [0.1, 0.15) is 21.5 Å². The number of benzene rings is 2. The fraction of sp³-hybridized carbons (Fsp3) is 0.350. The Morgan fingerprint density at radius 1 is 1.07 bits per heavy atom. The zero-order valence-corrected chi connectivity index (χ0v) is 16.3. The van der Waals surface area contributed by atoms with Gasteiger partial charge >= 0.3 is 5.97 Å². The van der Waals surface area contributed by atoms with Gasteiger partial charge in [0.2, 0.25) is 0 Å². The first kappa shape index (κ1) is 20.9. The van der Waals surface area contributed by atoms with E-state index in [0.29, 0.717) is 12.4 Å². The average Bonchev–Trinajstić information content (AvgIpc) is 2.67. The van der Waals surface area contributed by atoms with Crippen LogP contribution < -0.4 is 14.2 Å². The lowest BCUT2D eigenvalue weighted by Crippen LogP contribution is -2.34. The van der Waals surface area contributed by atoms with E-state index in [1.807, 2.05) is 12.1 Å². The third-order valence-corrected chi connectivity index (χ3v) is 4.58. The Bertz CT molecular complexity index is 796. The van der Waals surface area contributed by atoms with Gasteiger partial charge in [0.05, 0.1) is 14.2 Å². The highest BCUT2D eigenvalue weighted by Crippen LogP contribution is 2.33. The minimum Gasteiger partial charge on any atom is -0.493 e. The van der Waals surface area contributed by atoms with Crippen molar-refractivity contribution in [3.8, 4) is 17.2 Å². The summed E-state index contributed by atoms with van der Waals surface area (Å²) in [6, 6.07) is 10.8. The first-order valence-corrected chi connectivity index (χ1v) is 8.53. The van der Waals surface area contributed by atoms with Gasteiger partial charge in [0.25, 0.3) is 0 Å². The summed E-state index contributed by atoms with van der Waals surface area (Å²) in [5.41, 5.74) is 2.68. The fourth-order valence-electron chi connectivity index (χ4n) is 3.19. The molecule has 0 atom stereocenters. The monoisotopic (exact) mass is 393 g/mol. The van der Waals surface area contributed by atoms with E-state index in [2.05, 4.69) is 4.90 Å². The van der Waals surface area contributed by atoms with Crippen LogP contribution in [-0.4, -0.2) is 49.9 Å². The molecular weight excluding hydrogens is 370 g/mol. The van der Waals surface area contributed by atoms with Crippen LogP contribution in [0.15, 0.2) is 36.4 Å². The van der Waals surface area contributed by atoms with Crippen molar-refractivity contribution in [1.29, 1.82) is 0 Å². The van der Waals surface area contributed by atoms with Crippen molar-refractivity contribution < 1.29 is 24.1 Å². The molecular formula is C20H24ClNO5. The Balaban J connectivity index is 0.00000261. The van der Waals surface area contributed by atoms with Gasteiger partial charge in [-0.05, 0) is 41.8 Å². The normalized spacial score (nSPS) is 13.3. The third-order valence-electron chi connectivity index (χ3n) is 4.58. The van der Waals surface area contributed by atoms with Crippen LogP contribution in [0.4, 0.5) is 0 Å². The molecule has 0 radical (unpaired) electrons. The molecule has 2 aromatic rings. The minimum atomic E-state index is -0.978. The number of carboxylic acids is 1. The van der Waals surface area contributed by atoms with Crippen molar-refractivity contribution in [2.24, 2.45) is 0 Å². The Morgan fingerprint density at radius 3 is 2.41 bits per heavy atom. The number of aromatic carboxylic acids is 1. The van der Waals surface area contributed by atoms with Crippen molar-refractivity contribution in [2.75, 3.05) is 33.9 Å². The predicted octanol–water partition coefficient (Wildman–Crippen LogP) is 3.26. The van der Waals surface area contributed by atoms with Crippen LogP contribution in [0.5, 0.6) is 17.2 Å². The van der Waals surface area contributed by atoms with Gasteiger partial charge in [-0.25, -0.2) is 4.79 Å². The molecule has 0 bridgehead atoms. The van der Waals surface area contributed by atoms with E-state index in [-0.39, 0.29) is 18.0 Å². The van der Waals surface area contributed by atoms with Crippen LogP contribution in [0.2, 0.25) is 0 Å². The summed E-state index contributed by atoms with van der Waals surface area (Å²) in [4.78, 5) is 13.5. The number of ether oxygens (including phenoxy) is 3. The maximum absolute atomic E-state index is 11.2.